The van der Waals surface area contributed by atoms with Gasteiger partial charge in [-0.15, -0.1) is 0 Å². The highest BCUT2D eigenvalue weighted by molar-refractivity contribution is 5.78. The van der Waals surface area contributed by atoms with Crippen LogP contribution in [-0.4, -0.2) is 7.11 Å². The zero-order chi connectivity index (χ0) is 10.1. The van der Waals surface area contributed by atoms with Gasteiger partial charge >= 0.3 is 0 Å². The van der Waals surface area contributed by atoms with E-state index in [1.54, 1.807) is 32.2 Å². The lowest BCUT2D eigenvalue weighted by atomic mass is 10.2. The van der Waals surface area contributed by atoms with Gasteiger partial charge < -0.3 is 9.15 Å². The summed E-state index contributed by atoms with van der Waals surface area (Å²) >= 11 is 0. The van der Waals surface area contributed by atoms with Gasteiger partial charge in [0.15, 0.2) is 5.43 Å². The van der Waals surface area contributed by atoms with Crippen molar-refractivity contribution in [2.24, 2.45) is 0 Å². The van der Waals surface area contributed by atoms with E-state index >= 15 is 0 Å². The van der Waals surface area contributed by atoms with Crippen molar-refractivity contribution < 1.29 is 9.15 Å². The monoisotopic (exact) mass is 190 g/mol. The summed E-state index contributed by atoms with van der Waals surface area (Å²) in [5.74, 6) is 0.685. The minimum Gasteiger partial charge on any atom is -0.497 e. The molecule has 3 heteroatoms. The van der Waals surface area contributed by atoms with Gasteiger partial charge in [0.25, 0.3) is 0 Å². The molecule has 0 radical (unpaired) electrons. The van der Waals surface area contributed by atoms with Crippen molar-refractivity contribution in [1.82, 2.24) is 0 Å². The van der Waals surface area contributed by atoms with Crippen LogP contribution in [0, 0.1) is 6.92 Å². The van der Waals surface area contributed by atoms with E-state index in [0.717, 1.165) is 0 Å². The topological polar surface area (TPSA) is 39.4 Å². The number of methoxy groups -OCH3 is 1. The lowest BCUT2D eigenvalue weighted by Gasteiger charge is -2.01. The predicted octanol–water partition coefficient (Wildman–Crippen LogP) is 2.11. The molecule has 2 aromatic rings. The second-order valence-corrected chi connectivity index (χ2v) is 3.11. The average molecular weight is 190 g/mol. The second-order valence-electron chi connectivity index (χ2n) is 3.11. The Morgan fingerprint density at radius 2 is 2.14 bits per heavy atom. The molecule has 0 aliphatic heterocycles. The van der Waals surface area contributed by atoms with Gasteiger partial charge in [-0.2, -0.15) is 0 Å². The SMILES string of the molecule is COc1ccc2c(=O)c(C)coc2c1. The molecule has 0 saturated heterocycles. The van der Waals surface area contributed by atoms with Crippen LogP contribution in [0.1, 0.15) is 5.56 Å². The van der Waals surface area contributed by atoms with Crippen molar-refractivity contribution in [2.45, 2.75) is 6.92 Å². The summed E-state index contributed by atoms with van der Waals surface area (Å²) < 4.78 is 10.3. The van der Waals surface area contributed by atoms with Crippen LogP contribution in [0.15, 0.2) is 33.7 Å². The first-order valence-corrected chi connectivity index (χ1v) is 4.28. The smallest absolute Gasteiger partial charge is 0.195 e. The van der Waals surface area contributed by atoms with Crippen molar-refractivity contribution in [3.63, 3.8) is 0 Å². The number of rotatable bonds is 1. The Balaban J connectivity index is 2.81. The molecule has 0 saturated carbocycles. The summed E-state index contributed by atoms with van der Waals surface area (Å²) in [7, 11) is 1.58. The fourth-order valence-electron chi connectivity index (χ4n) is 1.33. The van der Waals surface area contributed by atoms with Gasteiger partial charge in [0.2, 0.25) is 0 Å². The van der Waals surface area contributed by atoms with E-state index in [9.17, 15) is 4.79 Å². The van der Waals surface area contributed by atoms with Crippen molar-refractivity contribution in [3.05, 3.63) is 40.2 Å². The van der Waals surface area contributed by atoms with Gasteiger partial charge in [0.1, 0.15) is 11.3 Å². The zero-order valence-electron chi connectivity index (χ0n) is 8.03. The van der Waals surface area contributed by atoms with Gasteiger partial charge in [0.05, 0.1) is 18.8 Å². The zero-order valence-corrected chi connectivity index (χ0v) is 8.03. The van der Waals surface area contributed by atoms with Gasteiger partial charge in [-0.05, 0) is 19.1 Å². The Kier molecular flexibility index (Phi) is 2.00. The lowest BCUT2D eigenvalue weighted by Crippen LogP contribution is -2.04. The van der Waals surface area contributed by atoms with Crippen LogP contribution in [0.4, 0.5) is 0 Å². The number of hydrogen-bond acceptors (Lipinski definition) is 3. The Hall–Kier alpha value is -1.77. The maximum Gasteiger partial charge on any atom is 0.195 e. The van der Waals surface area contributed by atoms with Crippen LogP contribution in [0.5, 0.6) is 5.75 Å². The largest absolute Gasteiger partial charge is 0.497 e. The maximum absolute atomic E-state index is 11.6. The Bertz CT molecular complexity index is 526. The van der Waals surface area contributed by atoms with Gasteiger partial charge in [-0.3, -0.25) is 4.79 Å². The third-order valence-electron chi connectivity index (χ3n) is 2.15. The quantitative estimate of drug-likeness (QED) is 0.691. The number of fused-ring (bicyclic) bond motifs is 1. The maximum atomic E-state index is 11.6. The molecule has 1 aromatic heterocycles. The summed E-state index contributed by atoms with van der Waals surface area (Å²) in [6.07, 6.45) is 1.46. The first-order chi connectivity index (χ1) is 6.72. The molecule has 2 rings (SSSR count). The van der Waals surface area contributed by atoms with Crippen LogP contribution in [0.3, 0.4) is 0 Å². The van der Waals surface area contributed by atoms with E-state index in [1.807, 2.05) is 0 Å². The molecule has 0 spiro atoms. The number of aryl methyl sites for hydroxylation is 1. The van der Waals surface area contributed by atoms with Crippen LogP contribution in [0.2, 0.25) is 0 Å². The predicted molar refractivity (Wildman–Crippen MR) is 53.8 cm³/mol. The number of hydrogen-bond donors (Lipinski definition) is 0. The molecule has 0 bridgehead atoms. The van der Waals surface area contributed by atoms with Gasteiger partial charge in [0, 0.05) is 11.6 Å². The molecule has 3 nitrogen and oxygen atoms in total. The van der Waals surface area contributed by atoms with Crippen molar-refractivity contribution in [1.29, 1.82) is 0 Å². The third kappa shape index (κ3) is 1.27. The standard InChI is InChI=1S/C11H10O3/c1-7-6-14-10-5-8(13-2)3-4-9(10)11(7)12/h3-6H,1-2H3. The van der Waals surface area contributed by atoms with Crippen molar-refractivity contribution >= 4 is 11.0 Å². The van der Waals surface area contributed by atoms with E-state index in [-0.39, 0.29) is 5.43 Å². The number of ether oxygens (including phenoxy) is 1. The van der Waals surface area contributed by atoms with Gasteiger partial charge in [-0.25, -0.2) is 0 Å². The molecule has 0 N–H and O–H groups in total. The second kappa shape index (κ2) is 3.18. The molecule has 14 heavy (non-hydrogen) atoms. The molecule has 1 heterocycles. The molecule has 0 aliphatic carbocycles. The van der Waals surface area contributed by atoms with Crippen LogP contribution >= 0.6 is 0 Å². The third-order valence-corrected chi connectivity index (χ3v) is 2.15. The molecule has 0 amide bonds. The highest BCUT2D eigenvalue weighted by Crippen LogP contribution is 2.18. The van der Waals surface area contributed by atoms with Crippen molar-refractivity contribution in [2.75, 3.05) is 7.11 Å². The first-order valence-electron chi connectivity index (χ1n) is 4.28. The highest BCUT2D eigenvalue weighted by atomic mass is 16.5. The summed E-state index contributed by atoms with van der Waals surface area (Å²) in [6, 6.07) is 5.17. The van der Waals surface area contributed by atoms with Gasteiger partial charge in [-0.1, -0.05) is 0 Å². The fraction of sp³-hybridized carbons (Fsp3) is 0.182. The molecule has 0 fully saturated rings. The Morgan fingerprint density at radius 3 is 2.86 bits per heavy atom. The minimum absolute atomic E-state index is 0.00824. The van der Waals surface area contributed by atoms with E-state index in [1.165, 1.54) is 6.26 Å². The highest BCUT2D eigenvalue weighted by Gasteiger charge is 2.04. The lowest BCUT2D eigenvalue weighted by molar-refractivity contribution is 0.414. The Labute approximate surface area is 80.9 Å². The normalized spacial score (nSPS) is 10.4. The average Bonchev–Trinajstić information content (AvgIpc) is 2.23. The first kappa shape index (κ1) is 8.81. The summed E-state index contributed by atoms with van der Waals surface area (Å²) in [5.41, 5.74) is 1.18. The molecule has 1 aromatic carbocycles. The van der Waals surface area contributed by atoms with E-state index < -0.39 is 0 Å². The number of benzene rings is 1. The summed E-state index contributed by atoms with van der Waals surface area (Å²) in [4.78, 5) is 11.6. The fourth-order valence-corrected chi connectivity index (χ4v) is 1.33. The van der Waals surface area contributed by atoms with E-state index in [4.69, 9.17) is 9.15 Å². The van der Waals surface area contributed by atoms with Crippen LogP contribution < -0.4 is 10.2 Å². The van der Waals surface area contributed by atoms with Crippen LogP contribution in [0.25, 0.3) is 11.0 Å². The summed E-state index contributed by atoms with van der Waals surface area (Å²) in [5, 5.41) is 0.589. The molecule has 72 valence electrons. The molecule has 0 atom stereocenters. The van der Waals surface area contributed by atoms with E-state index in [0.29, 0.717) is 22.3 Å². The van der Waals surface area contributed by atoms with Crippen LogP contribution in [-0.2, 0) is 0 Å². The molecule has 0 aliphatic rings. The van der Waals surface area contributed by atoms with E-state index in [2.05, 4.69) is 0 Å². The molecular formula is C11H10O3. The minimum atomic E-state index is 0.00824. The summed E-state index contributed by atoms with van der Waals surface area (Å²) in [6.45, 7) is 1.73. The molecular weight excluding hydrogens is 180 g/mol. The molecule has 0 unspecified atom stereocenters. The van der Waals surface area contributed by atoms with Crippen molar-refractivity contribution in [3.8, 4) is 5.75 Å². The Morgan fingerprint density at radius 1 is 1.36 bits per heavy atom.